The Morgan fingerprint density at radius 1 is 1.17 bits per heavy atom. The molecule has 0 aromatic heterocycles. The first-order valence-corrected chi connectivity index (χ1v) is 9.99. The van der Waals surface area contributed by atoms with Gasteiger partial charge in [-0.25, -0.2) is 0 Å². The third kappa shape index (κ3) is 8.09. The summed E-state index contributed by atoms with van der Waals surface area (Å²) in [5, 5.41) is 8.87. The number of thioether (sulfide) groups is 1. The minimum Gasteiger partial charge on any atom is -0.493 e. The number of Topliss-reactive ketones (excluding diaryl/α,β-unsaturated/α-hetero) is 1. The van der Waals surface area contributed by atoms with Crippen molar-refractivity contribution in [3.8, 4) is 5.75 Å². The minimum atomic E-state index is -0.0759. The Kier molecular flexibility index (Phi) is 10.7. The number of rotatable bonds is 5. The highest BCUT2D eigenvalue weighted by molar-refractivity contribution is 8.14. The molecule has 0 radical (unpaired) electrons. The smallest absolute Gasteiger partial charge is 0.186 e. The Bertz CT molecular complexity index is 807. The number of aliphatic hydroxyl groups excluding tert-OH is 1. The molecule has 7 heteroatoms. The zero-order valence-electron chi connectivity index (χ0n) is 17.0. The summed E-state index contributed by atoms with van der Waals surface area (Å²) in [7, 11) is 1.75. The summed E-state index contributed by atoms with van der Waals surface area (Å²) >= 11 is 1.01. The van der Waals surface area contributed by atoms with E-state index >= 15 is 0 Å². The summed E-state index contributed by atoms with van der Waals surface area (Å²) in [5.74, 6) is 1.18. The van der Waals surface area contributed by atoms with Gasteiger partial charge in [0.05, 0.1) is 12.4 Å². The number of hydrogen-bond acceptors (Lipinski definition) is 7. The zero-order valence-corrected chi connectivity index (χ0v) is 17.8. The van der Waals surface area contributed by atoms with Gasteiger partial charge in [-0.3, -0.25) is 9.59 Å². The monoisotopic (exact) mass is 417 g/mol. The number of ketones is 1. The van der Waals surface area contributed by atoms with E-state index in [4.69, 9.17) is 14.6 Å². The van der Waals surface area contributed by atoms with Gasteiger partial charge >= 0.3 is 0 Å². The van der Waals surface area contributed by atoms with Gasteiger partial charge in [0.1, 0.15) is 19.3 Å². The van der Waals surface area contributed by atoms with Crippen molar-refractivity contribution in [2.75, 3.05) is 31.0 Å². The van der Waals surface area contributed by atoms with Crippen molar-refractivity contribution in [1.82, 2.24) is 0 Å². The van der Waals surface area contributed by atoms with E-state index < -0.39 is 0 Å². The first-order valence-electron chi connectivity index (χ1n) is 9.00. The minimum absolute atomic E-state index is 0.0602. The van der Waals surface area contributed by atoms with Gasteiger partial charge in [-0.2, -0.15) is 0 Å². The van der Waals surface area contributed by atoms with Gasteiger partial charge in [0, 0.05) is 31.6 Å². The number of fused-ring (bicyclic) bond motifs is 1. The number of carbonyl (C=O) groups excluding carboxylic acids is 3. The van der Waals surface area contributed by atoms with Crippen LogP contribution < -0.4 is 9.64 Å². The first kappa shape index (κ1) is 24.4. The van der Waals surface area contributed by atoms with Crippen LogP contribution >= 0.6 is 11.8 Å². The molecular formula is C22H27NO5S. The van der Waals surface area contributed by atoms with Crippen LogP contribution in [0.15, 0.2) is 42.5 Å². The first-order chi connectivity index (χ1) is 13.9. The lowest BCUT2D eigenvalue weighted by atomic mass is 10.1. The number of benzene rings is 2. The van der Waals surface area contributed by atoms with Gasteiger partial charge in [-0.05, 0) is 42.8 Å². The van der Waals surface area contributed by atoms with E-state index in [9.17, 15) is 9.59 Å². The maximum atomic E-state index is 11.7. The Morgan fingerprint density at radius 3 is 2.41 bits per heavy atom. The molecule has 1 aliphatic rings. The van der Waals surface area contributed by atoms with Crippen LogP contribution in [0.1, 0.15) is 28.4 Å². The van der Waals surface area contributed by atoms with Crippen LogP contribution in [0.3, 0.4) is 0 Å². The molecule has 3 rings (SSSR count). The summed E-state index contributed by atoms with van der Waals surface area (Å²) in [4.78, 5) is 32.1. The molecule has 0 fully saturated rings. The molecule has 0 unspecified atom stereocenters. The van der Waals surface area contributed by atoms with E-state index in [-0.39, 0.29) is 23.4 Å². The Morgan fingerprint density at radius 2 is 1.83 bits per heavy atom. The fourth-order valence-electron chi connectivity index (χ4n) is 2.55. The molecule has 156 valence electrons. The second-order valence-corrected chi connectivity index (χ2v) is 7.45. The van der Waals surface area contributed by atoms with E-state index in [1.165, 1.54) is 18.1 Å². The summed E-state index contributed by atoms with van der Waals surface area (Å²) in [6, 6.07) is 13.3. The number of anilines is 1. The van der Waals surface area contributed by atoms with Crippen molar-refractivity contribution in [2.45, 2.75) is 20.3 Å². The number of hydrogen-bond donors (Lipinski definition) is 1. The predicted molar refractivity (Wildman–Crippen MR) is 117 cm³/mol. The Hall–Kier alpha value is -2.64. The largest absolute Gasteiger partial charge is 0.493 e. The van der Waals surface area contributed by atoms with Crippen molar-refractivity contribution in [1.29, 1.82) is 0 Å². The summed E-state index contributed by atoms with van der Waals surface area (Å²) in [6.45, 7) is 6.34. The second kappa shape index (κ2) is 12.7. The van der Waals surface area contributed by atoms with E-state index in [1.807, 2.05) is 6.79 Å². The SMILES string of the molecule is C=O.CC(=O)SCC(=O)c1ccc(N(C)CO)cc1.Cc1ccc2c(c1)CCO2. The maximum absolute atomic E-state index is 11.7. The molecule has 2 aromatic carbocycles. The molecule has 0 aliphatic carbocycles. The van der Waals surface area contributed by atoms with Crippen LogP contribution in [0.25, 0.3) is 0 Å². The van der Waals surface area contributed by atoms with Gasteiger partial charge in [0.2, 0.25) is 0 Å². The third-order valence-corrected chi connectivity index (χ3v) is 4.91. The number of aliphatic hydroxyl groups is 1. The average Bonchev–Trinajstić information content (AvgIpc) is 3.21. The maximum Gasteiger partial charge on any atom is 0.186 e. The summed E-state index contributed by atoms with van der Waals surface area (Å²) in [6.07, 6.45) is 1.08. The molecule has 0 amide bonds. The van der Waals surface area contributed by atoms with Crippen molar-refractivity contribution in [2.24, 2.45) is 0 Å². The standard InChI is InChI=1S/C12H15NO3S.C9H10O.CH2O/c1-9(15)17-7-12(16)10-3-5-11(6-4-10)13(2)8-14;1-7-2-3-9-8(6-7)4-5-10-9;1-2/h3-6,14H,7-8H2,1-2H3;2-3,6H,4-5H2,1H3;1H2. The van der Waals surface area contributed by atoms with Crippen molar-refractivity contribution in [3.63, 3.8) is 0 Å². The fraction of sp³-hybridized carbons (Fsp3) is 0.318. The number of carbonyl (C=O) groups is 3. The topological polar surface area (TPSA) is 83.9 Å². The van der Waals surface area contributed by atoms with Crippen LogP contribution in [0, 0.1) is 6.92 Å². The summed E-state index contributed by atoms with van der Waals surface area (Å²) in [5.41, 5.74) is 4.10. The van der Waals surface area contributed by atoms with Crippen LogP contribution in [0.2, 0.25) is 0 Å². The van der Waals surface area contributed by atoms with Crippen LogP contribution in [-0.2, 0) is 16.0 Å². The Labute approximate surface area is 175 Å². The number of nitrogens with zero attached hydrogens (tertiary/aromatic N) is 1. The van der Waals surface area contributed by atoms with Gasteiger partial charge in [-0.15, -0.1) is 0 Å². The lowest BCUT2D eigenvalue weighted by Crippen LogP contribution is -2.17. The van der Waals surface area contributed by atoms with Gasteiger partial charge in [0.15, 0.2) is 10.9 Å². The Balaban J connectivity index is 0.000000295. The van der Waals surface area contributed by atoms with Crippen molar-refractivity contribution >= 4 is 35.1 Å². The molecule has 1 heterocycles. The van der Waals surface area contributed by atoms with E-state index in [0.29, 0.717) is 5.56 Å². The molecule has 1 N–H and O–H groups in total. The lowest BCUT2D eigenvalue weighted by Gasteiger charge is -2.15. The zero-order chi connectivity index (χ0) is 21.8. The highest BCUT2D eigenvalue weighted by atomic mass is 32.2. The molecular weight excluding hydrogens is 390 g/mol. The average molecular weight is 418 g/mol. The molecule has 0 saturated heterocycles. The lowest BCUT2D eigenvalue weighted by molar-refractivity contribution is -0.109. The van der Waals surface area contributed by atoms with Crippen molar-refractivity contribution < 1.29 is 24.2 Å². The van der Waals surface area contributed by atoms with E-state index in [2.05, 4.69) is 25.1 Å². The molecule has 0 spiro atoms. The van der Waals surface area contributed by atoms with Crippen molar-refractivity contribution in [3.05, 3.63) is 59.2 Å². The highest BCUT2D eigenvalue weighted by Gasteiger charge is 2.10. The summed E-state index contributed by atoms with van der Waals surface area (Å²) < 4.78 is 5.35. The van der Waals surface area contributed by atoms with Crippen LogP contribution in [0.4, 0.5) is 5.69 Å². The van der Waals surface area contributed by atoms with E-state index in [0.717, 1.165) is 36.2 Å². The molecule has 0 saturated carbocycles. The third-order valence-electron chi connectivity index (χ3n) is 4.09. The highest BCUT2D eigenvalue weighted by Crippen LogP contribution is 2.25. The van der Waals surface area contributed by atoms with Gasteiger partial charge in [-0.1, -0.05) is 29.5 Å². The molecule has 29 heavy (non-hydrogen) atoms. The molecule has 6 nitrogen and oxygen atoms in total. The molecule has 0 atom stereocenters. The fourth-order valence-corrected chi connectivity index (χ4v) is 3.05. The number of aryl methyl sites for hydroxylation is 1. The molecule has 2 aromatic rings. The quantitative estimate of drug-likeness (QED) is 0.590. The second-order valence-electron chi connectivity index (χ2n) is 6.30. The number of ether oxygens (including phenoxy) is 1. The van der Waals surface area contributed by atoms with Gasteiger partial charge in [0.25, 0.3) is 0 Å². The van der Waals surface area contributed by atoms with Gasteiger partial charge < -0.3 is 19.5 Å². The predicted octanol–water partition coefficient (Wildman–Crippen LogP) is 3.28. The molecule has 1 aliphatic heterocycles. The normalized spacial score (nSPS) is 11.0. The van der Waals surface area contributed by atoms with Crippen LogP contribution in [0.5, 0.6) is 5.75 Å². The van der Waals surface area contributed by atoms with E-state index in [1.54, 1.807) is 36.2 Å². The molecule has 0 bridgehead atoms. The van der Waals surface area contributed by atoms with Crippen LogP contribution in [-0.4, -0.2) is 48.9 Å².